The Hall–Kier alpha value is -1.01. The first-order chi connectivity index (χ1) is 27.6. The first-order valence-corrected chi connectivity index (χ1v) is 22.8. The van der Waals surface area contributed by atoms with E-state index >= 15 is 0 Å². The molecule has 0 spiro atoms. The van der Waals surface area contributed by atoms with Gasteiger partial charge < -0.3 is 65.1 Å². The van der Waals surface area contributed by atoms with Crippen LogP contribution < -0.4 is 5.32 Å². The number of aliphatic hydroxyl groups excluding tert-OH is 8. The lowest BCUT2D eigenvalue weighted by Gasteiger charge is -2.46. The van der Waals surface area contributed by atoms with Crippen molar-refractivity contribution in [1.82, 2.24) is 5.32 Å². The van der Waals surface area contributed by atoms with E-state index in [2.05, 4.69) is 19.2 Å². The molecule has 0 aromatic carbocycles. The maximum atomic E-state index is 13.0. The second kappa shape index (κ2) is 31.8. The van der Waals surface area contributed by atoms with Crippen molar-refractivity contribution in [3.8, 4) is 0 Å². The smallest absolute Gasteiger partial charge is 0.220 e. The molecule has 0 bridgehead atoms. The normalized spacial score (nSPS) is 29.0. The SMILES string of the molecule is CCCCCCCCCCCCCCCCCCC(O)C(COC1OC(CO)C(OC2OC(CO)C(O)C(O)C2O)C(O)C1O)NC(=O)CCCCCCCCC. The highest BCUT2D eigenvalue weighted by molar-refractivity contribution is 5.76. The average Bonchev–Trinajstić information content (AvgIpc) is 3.21. The van der Waals surface area contributed by atoms with Crippen LogP contribution in [0.15, 0.2) is 0 Å². The van der Waals surface area contributed by atoms with Crippen LogP contribution in [0.3, 0.4) is 0 Å². The van der Waals surface area contributed by atoms with E-state index < -0.39 is 86.8 Å². The van der Waals surface area contributed by atoms with Crippen LogP contribution in [0.1, 0.15) is 174 Å². The summed E-state index contributed by atoms with van der Waals surface area (Å²) in [6.45, 7) is 2.79. The van der Waals surface area contributed by atoms with E-state index in [9.17, 15) is 45.6 Å². The van der Waals surface area contributed by atoms with Gasteiger partial charge in [-0.1, -0.05) is 155 Å². The van der Waals surface area contributed by atoms with Gasteiger partial charge in [0.1, 0.15) is 48.8 Å². The molecular formula is C43H83NO13. The maximum absolute atomic E-state index is 13.0. The van der Waals surface area contributed by atoms with E-state index in [0.29, 0.717) is 12.8 Å². The fourth-order valence-corrected chi connectivity index (χ4v) is 7.76. The summed E-state index contributed by atoms with van der Waals surface area (Å²) in [7, 11) is 0. The number of rotatable bonds is 34. The fraction of sp³-hybridized carbons (Fsp3) is 0.977. The summed E-state index contributed by atoms with van der Waals surface area (Å²) >= 11 is 0. The second-order valence-corrected chi connectivity index (χ2v) is 16.5. The average molecular weight is 822 g/mol. The van der Waals surface area contributed by atoms with Gasteiger partial charge in [-0.3, -0.25) is 4.79 Å². The number of hydrogen-bond acceptors (Lipinski definition) is 13. The van der Waals surface area contributed by atoms with E-state index in [1.807, 2.05) is 0 Å². The summed E-state index contributed by atoms with van der Waals surface area (Å²) in [5.41, 5.74) is 0. The zero-order chi connectivity index (χ0) is 41.8. The Morgan fingerprint density at radius 2 is 1.00 bits per heavy atom. The number of ether oxygens (including phenoxy) is 4. The van der Waals surface area contributed by atoms with Crippen molar-refractivity contribution in [1.29, 1.82) is 0 Å². The molecule has 12 atom stereocenters. The van der Waals surface area contributed by atoms with Crippen molar-refractivity contribution in [3.63, 3.8) is 0 Å². The minimum absolute atomic E-state index is 0.213. The third-order valence-electron chi connectivity index (χ3n) is 11.6. The molecule has 9 N–H and O–H groups in total. The third kappa shape index (κ3) is 20.4. The molecular weight excluding hydrogens is 738 g/mol. The van der Waals surface area contributed by atoms with Crippen LogP contribution in [0.2, 0.25) is 0 Å². The van der Waals surface area contributed by atoms with Crippen LogP contribution in [0, 0.1) is 0 Å². The standard InChI is InChI=1S/C43H83NO13/c1-3-5-7-9-11-12-13-14-15-16-17-18-19-21-22-24-26-32(47)31(44-35(48)27-25-23-20-10-8-6-4-2)30-54-42-40(53)38(51)41(34(29-46)56-42)57-43-39(52)37(50)36(49)33(28-45)55-43/h31-34,36-43,45-47,49-53H,3-30H2,1-2H3,(H,44,48). The minimum Gasteiger partial charge on any atom is -0.394 e. The van der Waals surface area contributed by atoms with Crippen LogP contribution in [0.5, 0.6) is 0 Å². The number of aliphatic hydroxyl groups is 8. The predicted molar refractivity (Wildman–Crippen MR) is 217 cm³/mol. The molecule has 338 valence electrons. The van der Waals surface area contributed by atoms with Crippen LogP contribution in [-0.2, 0) is 23.7 Å². The number of unbranched alkanes of at least 4 members (excludes halogenated alkanes) is 21. The molecule has 14 heteroatoms. The quantitative estimate of drug-likeness (QED) is 0.0414. The Morgan fingerprint density at radius 3 is 1.49 bits per heavy atom. The minimum atomic E-state index is -1.78. The molecule has 0 aromatic rings. The summed E-state index contributed by atoms with van der Waals surface area (Å²) in [4.78, 5) is 13.0. The van der Waals surface area contributed by atoms with E-state index in [0.717, 1.165) is 51.4 Å². The summed E-state index contributed by atoms with van der Waals surface area (Å²) in [6.07, 6.45) is 11.4. The number of carbonyl (C=O) groups is 1. The molecule has 0 saturated carbocycles. The molecule has 12 unspecified atom stereocenters. The van der Waals surface area contributed by atoms with Gasteiger partial charge in [0.05, 0.1) is 32.0 Å². The zero-order valence-electron chi connectivity index (χ0n) is 35.3. The monoisotopic (exact) mass is 822 g/mol. The van der Waals surface area contributed by atoms with Crippen molar-refractivity contribution in [2.24, 2.45) is 0 Å². The van der Waals surface area contributed by atoms with E-state index in [1.165, 1.54) is 96.3 Å². The van der Waals surface area contributed by atoms with Gasteiger partial charge in [0.2, 0.25) is 5.91 Å². The van der Waals surface area contributed by atoms with Crippen LogP contribution in [-0.4, -0.2) is 140 Å². The number of amides is 1. The van der Waals surface area contributed by atoms with Crippen molar-refractivity contribution >= 4 is 5.91 Å². The van der Waals surface area contributed by atoms with E-state index in [-0.39, 0.29) is 12.5 Å². The van der Waals surface area contributed by atoms with Crippen LogP contribution >= 0.6 is 0 Å². The molecule has 14 nitrogen and oxygen atoms in total. The topological polar surface area (TPSA) is 228 Å². The Balaban J connectivity index is 1.84. The van der Waals surface area contributed by atoms with Gasteiger partial charge in [-0.15, -0.1) is 0 Å². The van der Waals surface area contributed by atoms with Gasteiger partial charge in [0.25, 0.3) is 0 Å². The lowest BCUT2D eigenvalue weighted by Crippen LogP contribution is -2.65. The number of nitrogens with one attached hydrogen (secondary N) is 1. The lowest BCUT2D eigenvalue weighted by molar-refractivity contribution is -0.359. The Morgan fingerprint density at radius 1 is 0.561 bits per heavy atom. The van der Waals surface area contributed by atoms with Gasteiger partial charge in [-0.25, -0.2) is 0 Å². The van der Waals surface area contributed by atoms with E-state index in [1.54, 1.807) is 0 Å². The first-order valence-electron chi connectivity index (χ1n) is 22.8. The molecule has 1 amide bonds. The largest absolute Gasteiger partial charge is 0.394 e. The third-order valence-corrected chi connectivity index (χ3v) is 11.6. The predicted octanol–water partition coefficient (Wildman–Crippen LogP) is 4.27. The molecule has 2 heterocycles. The number of carbonyl (C=O) groups excluding carboxylic acids is 1. The fourth-order valence-electron chi connectivity index (χ4n) is 7.76. The molecule has 2 saturated heterocycles. The van der Waals surface area contributed by atoms with Gasteiger partial charge in [-0.05, 0) is 12.8 Å². The maximum Gasteiger partial charge on any atom is 0.220 e. The summed E-state index contributed by atoms with van der Waals surface area (Å²) < 4.78 is 22.6. The van der Waals surface area contributed by atoms with Crippen LogP contribution in [0.25, 0.3) is 0 Å². The molecule has 2 fully saturated rings. The van der Waals surface area contributed by atoms with Crippen LogP contribution in [0.4, 0.5) is 0 Å². The molecule has 0 radical (unpaired) electrons. The van der Waals surface area contributed by atoms with Crippen molar-refractivity contribution in [2.45, 2.75) is 248 Å². The zero-order valence-corrected chi connectivity index (χ0v) is 35.3. The Kier molecular flexibility index (Phi) is 29.1. The highest BCUT2D eigenvalue weighted by atomic mass is 16.7. The molecule has 2 aliphatic rings. The molecule has 0 aliphatic carbocycles. The highest BCUT2D eigenvalue weighted by Gasteiger charge is 2.51. The molecule has 57 heavy (non-hydrogen) atoms. The summed E-state index contributed by atoms with van der Waals surface area (Å²) in [5.74, 6) is -0.213. The Bertz CT molecular complexity index is 977. The van der Waals surface area contributed by atoms with E-state index in [4.69, 9.17) is 18.9 Å². The van der Waals surface area contributed by atoms with Crippen molar-refractivity contribution in [2.75, 3.05) is 19.8 Å². The van der Waals surface area contributed by atoms with Crippen molar-refractivity contribution in [3.05, 3.63) is 0 Å². The van der Waals surface area contributed by atoms with Gasteiger partial charge >= 0.3 is 0 Å². The lowest BCUT2D eigenvalue weighted by atomic mass is 9.97. The molecule has 2 aliphatic heterocycles. The number of hydrogen-bond donors (Lipinski definition) is 9. The summed E-state index contributed by atoms with van der Waals surface area (Å²) in [6, 6.07) is -0.818. The van der Waals surface area contributed by atoms with Gasteiger partial charge in [-0.2, -0.15) is 0 Å². The molecule has 0 aromatic heterocycles. The van der Waals surface area contributed by atoms with Gasteiger partial charge in [0.15, 0.2) is 12.6 Å². The first kappa shape index (κ1) is 52.1. The van der Waals surface area contributed by atoms with Crippen molar-refractivity contribution < 1.29 is 64.6 Å². The second-order valence-electron chi connectivity index (χ2n) is 16.5. The molecule has 2 rings (SSSR count). The highest BCUT2D eigenvalue weighted by Crippen LogP contribution is 2.30. The summed E-state index contributed by atoms with van der Waals surface area (Å²) in [5, 5.41) is 86.4. The van der Waals surface area contributed by atoms with Gasteiger partial charge in [0, 0.05) is 6.42 Å². The Labute approximate surface area is 343 Å².